The highest BCUT2D eigenvalue weighted by molar-refractivity contribution is 5.76. The van der Waals surface area contributed by atoms with Gasteiger partial charge in [0.15, 0.2) is 5.82 Å². The highest BCUT2D eigenvalue weighted by atomic mass is 19.1. The van der Waals surface area contributed by atoms with E-state index >= 15 is 0 Å². The Morgan fingerprint density at radius 3 is 2.94 bits per heavy atom. The number of benzene rings is 1. The van der Waals surface area contributed by atoms with E-state index in [0.717, 1.165) is 11.3 Å². The standard InChI is InChI=1S/C12H14FN3O/c1-16-10-4-2-3-8(13)11(10)15-12(16)7-5-17-6-9(7)14/h2-4,7,9H,5-6,14H2,1H3. The first kappa shape index (κ1) is 10.7. The van der Waals surface area contributed by atoms with Gasteiger partial charge in [-0.25, -0.2) is 9.37 Å². The number of aromatic nitrogens is 2. The van der Waals surface area contributed by atoms with Crippen LogP contribution in [0.4, 0.5) is 4.39 Å². The molecule has 1 fully saturated rings. The highest BCUT2D eigenvalue weighted by Crippen LogP contribution is 2.27. The predicted octanol–water partition coefficient (Wildman–Crippen LogP) is 1.15. The third-order valence-corrected chi connectivity index (χ3v) is 3.35. The van der Waals surface area contributed by atoms with Gasteiger partial charge in [-0.05, 0) is 12.1 Å². The molecule has 0 spiro atoms. The number of para-hydroxylation sites is 1. The second-order valence-electron chi connectivity index (χ2n) is 4.44. The number of rotatable bonds is 1. The maximum atomic E-state index is 13.6. The van der Waals surface area contributed by atoms with E-state index in [4.69, 9.17) is 10.5 Å². The van der Waals surface area contributed by atoms with Crippen LogP contribution in [0.1, 0.15) is 11.7 Å². The van der Waals surface area contributed by atoms with Crippen molar-refractivity contribution in [2.45, 2.75) is 12.0 Å². The van der Waals surface area contributed by atoms with Gasteiger partial charge in [0, 0.05) is 13.1 Å². The maximum Gasteiger partial charge on any atom is 0.151 e. The smallest absolute Gasteiger partial charge is 0.151 e. The molecule has 2 heterocycles. The molecule has 4 nitrogen and oxygen atoms in total. The lowest BCUT2D eigenvalue weighted by molar-refractivity contribution is 0.190. The average Bonchev–Trinajstić information content (AvgIpc) is 2.85. The molecule has 1 aliphatic rings. The Labute approximate surface area is 98.2 Å². The minimum absolute atomic E-state index is 0.0480. The Morgan fingerprint density at radius 1 is 1.47 bits per heavy atom. The summed E-state index contributed by atoms with van der Waals surface area (Å²) in [6, 6.07) is 4.91. The first-order chi connectivity index (χ1) is 8.18. The van der Waals surface area contributed by atoms with Crippen molar-refractivity contribution >= 4 is 11.0 Å². The SMILES string of the molecule is Cn1c(C2COCC2N)nc2c(F)cccc21. The Bertz CT molecular complexity index is 566. The number of fused-ring (bicyclic) bond motifs is 1. The third-order valence-electron chi connectivity index (χ3n) is 3.35. The largest absolute Gasteiger partial charge is 0.379 e. The fourth-order valence-electron chi connectivity index (χ4n) is 2.37. The minimum atomic E-state index is -0.295. The monoisotopic (exact) mass is 235 g/mol. The van der Waals surface area contributed by atoms with Crippen LogP contribution in [0.5, 0.6) is 0 Å². The van der Waals surface area contributed by atoms with Crippen molar-refractivity contribution in [2.24, 2.45) is 12.8 Å². The molecule has 0 radical (unpaired) electrons. The summed E-state index contributed by atoms with van der Waals surface area (Å²) in [5.74, 6) is 0.554. The lowest BCUT2D eigenvalue weighted by Gasteiger charge is -2.12. The molecule has 1 saturated heterocycles. The number of nitrogens with two attached hydrogens (primary N) is 1. The summed E-state index contributed by atoms with van der Waals surface area (Å²) < 4.78 is 20.9. The van der Waals surface area contributed by atoms with Gasteiger partial charge in [-0.15, -0.1) is 0 Å². The van der Waals surface area contributed by atoms with E-state index in [1.807, 2.05) is 17.7 Å². The van der Waals surface area contributed by atoms with Crippen LogP contribution in [-0.2, 0) is 11.8 Å². The van der Waals surface area contributed by atoms with E-state index in [1.54, 1.807) is 6.07 Å². The number of imidazole rings is 1. The normalized spacial score (nSPS) is 24.6. The zero-order valence-corrected chi connectivity index (χ0v) is 9.56. The Balaban J connectivity index is 2.17. The van der Waals surface area contributed by atoms with Gasteiger partial charge in [0.2, 0.25) is 0 Å². The van der Waals surface area contributed by atoms with Crippen molar-refractivity contribution in [3.05, 3.63) is 29.8 Å². The summed E-state index contributed by atoms with van der Waals surface area (Å²) in [6.45, 7) is 1.09. The van der Waals surface area contributed by atoms with Crippen LogP contribution in [0.25, 0.3) is 11.0 Å². The van der Waals surface area contributed by atoms with Gasteiger partial charge < -0.3 is 15.0 Å². The zero-order valence-electron chi connectivity index (χ0n) is 9.56. The van der Waals surface area contributed by atoms with Crippen LogP contribution in [0.3, 0.4) is 0 Å². The molecule has 17 heavy (non-hydrogen) atoms. The second-order valence-corrected chi connectivity index (χ2v) is 4.44. The molecule has 90 valence electrons. The van der Waals surface area contributed by atoms with Gasteiger partial charge in [-0.2, -0.15) is 0 Å². The molecular formula is C12H14FN3O. The quantitative estimate of drug-likeness (QED) is 0.806. The number of hydrogen-bond donors (Lipinski definition) is 1. The maximum absolute atomic E-state index is 13.6. The first-order valence-electron chi connectivity index (χ1n) is 5.62. The second kappa shape index (κ2) is 3.78. The number of halogens is 1. The van der Waals surface area contributed by atoms with E-state index in [0.29, 0.717) is 18.7 Å². The van der Waals surface area contributed by atoms with Gasteiger partial charge in [0.25, 0.3) is 0 Å². The molecule has 0 bridgehead atoms. The van der Waals surface area contributed by atoms with Crippen LogP contribution in [0.2, 0.25) is 0 Å². The summed E-state index contributed by atoms with van der Waals surface area (Å²) in [5, 5.41) is 0. The number of nitrogens with zero attached hydrogens (tertiary/aromatic N) is 2. The van der Waals surface area contributed by atoms with Crippen LogP contribution in [0, 0.1) is 5.82 Å². The van der Waals surface area contributed by atoms with Gasteiger partial charge in [0.1, 0.15) is 11.3 Å². The molecule has 1 aromatic heterocycles. The molecule has 1 aromatic carbocycles. The number of ether oxygens (including phenoxy) is 1. The summed E-state index contributed by atoms with van der Waals surface area (Å²) in [5.41, 5.74) is 7.17. The zero-order chi connectivity index (χ0) is 12.0. The molecule has 3 rings (SSSR count). The molecule has 2 unspecified atom stereocenters. The molecule has 0 amide bonds. The van der Waals surface area contributed by atoms with Crippen molar-refractivity contribution in [1.29, 1.82) is 0 Å². The van der Waals surface area contributed by atoms with E-state index in [2.05, 4.69) is 4.98 Å². The summed E-state index contributed by atoms with van der Waals surface area (Å²) in [7, 11) is 1.88. The van der Waals surface area contributed by atoms with E-state index in [1.165, 1.54) is 6.07 Å². The summed E-state index contributed by atoms with van der Waals surface area (Å²) in [4.78, 5) is 4.37. The van der Waals surface area contributed by atoms with Gasteiger partial charge >= 0.3 is 0 Å². The Kier molecular flexibility index (Phi) is 2.38. The lowest BCUT2D eigenvalue weighted by Crippen LogP contribution is -2.28. The third kappa shape index (κ3) is 1.54. The van der Waals surface area contributed by atoms with Gasteiger partial charge in [-0.3, -0.25) is 0 Å². The summed E-state index contributed by atoms with van der Waals surface area (Å²) in [6.07, 6.45) is 0. The molecule has 5 heteroatoms. The van der Waals surface area contributed by atoms with Gasteiger partial charge in [0.05, 0.1) is 24.6 Å². The van der Waals surface area contributed by atoms with Crippen molar-refractivity contribution < 1.29 is 9.13 Å². The fourth-order valence-corrected chi connectivity index (χ4v) is 2.37. The van der Waals surface area contributed by atoms with Crippen LogP contribution in [-0.4, -0.2) is 28.8 Å². The fraction of sp³-hybridized carbons (Fsp3) is 0.417. The molecule has 0 saturated carbocycles. The van der Waals surface area contributed by atoms with E-state index in [9.17, 15) is 4.39 Å². The molecule has 2 N–H and O–H groups in total. The van der Waals surface area contributed by atoms with Crippen LogP contribution < -0.4 is 5.73 Å². The number of aryl methyl sites for hydroxylation is 1. The Morgan fingerprint density at radius 2 is 2.29 bits per heavy atom. The van der Waals surface area contributed by atoms with Crippen molar-refractivity contribution in [3.63, 3.8) is 0 Å². The molecule has 2 atom stereocenters. The average molecular weight is 235 g/mol. The van der Waals surface area contributed by atoms with Crippen molar-refractivity contribution in [3.8, 4) is 0 Å². The van der Waals surface area contributed by atoms with E-state index in [-0.39, 0.29) is 17.8 Å². The Hall–Kier alpha value is -1.46. The predicted molar refractivity (Wildman–Crippen MR) is 62.2 cm³/mol. The molecular weight excluding hydrogens is 221 g/mol. The first-order valence-corrected chi connectivity index (χ1v) is 5.62. The van der Waals surface area contributed by atoms with Gasteiger partial charge in [-0.1, -0.05) is 6.07 Å². The minimum Gasteiger partial charge on any atom is -0.379 e. The van der Waals surface area contributed by atoms with E-state index < -0.39 is 0 Å². The molecule has 1 aliphatic heterocycles. The highest BCUT2D eigenvalue weighted by Gasteiger charge is 2.30. The molecule has 2 aromatic rings. The molecule has 0 aliphatic carbocycles. The lowest BCUT2D eigenvalue weighted by atomic mass is 10.0. The number of hydrogen-bond acceptors (Lipinski definition) is 3. The topological polar surface area (TPSA) is 53.1 Å². The van der Waals surface area contributed by atoms with Crippen molar-refractivity contribution in [1.82, 2.24) is 9.55 Å². The van der Waals surface area contributed by atoms with Crippen molar-refractivity contribution in [2.75, 3.05) is 13.2 Å². The van der Waals surface area contributed by atoms with Crippen LogP contribution >= 0.6 is 0 Å². The summed E-state index contributed by atoms with van der Waals surface area (Å²) >= 11 is 0. The van der Waals surface area contributed by atoms with Crippen LogP contribution in [0.15, 0.2) is 18.2 Å².